The average Bonchev–Trinajstić information content (AvgIpc) is 2.97. The Balaban J connectivity index is 1.82. The third kappa shape index (κ3) is 1.67. The number of rotatable bonds is 3. The summed E-state index contributed by atoms with van der Waals surface area (Å²) in [6, 6.07) is 6.30. The van der Waals surface area contributed by atoms with Crippen molar-refractivity contribution in [2.45, 2.75) is 25.3 Å². The topological polar surface area (TPSA) is 44.5 Å². The summed E-state index contributed by atoms with van der Waals surface area (Å²) in [4.78, 5) is 0. The van der Waals surface area contributed by atoms with E-state index in [1.165, 1.54) is 18.4 Å². The Morgan fingerprint density at radius 1 is 1.33 bits per heavy atom. The molecule has 1 aliphatic heterocycles. The molecule has 1 saturated carbocycles. The van der Waals surface area contributed by atoms with E-state index in [0.29, 0.717) is 6.79 Å². The van der Waals surface area contributed by atoms with E-state index < -0.39 is 0 Å². The third-order valence-electron chi connectivity index (χ3n) is 3.16. The molecule has 2 N–H and O–H groups in total. The van der Waals surface area contributed by atoms with Gasteiger partial charge in [-0.25, -0.2) is 0 Å². The van der Waals surface area contributed by atoms with Crippen LogP contribution in [0.5, 0.6) is 11.5 Å². The van der Waals surface area contributed by atoms with E-state index in [-0.39, 0.29) is 6.04 Å². The van der Waals surface area contributed by atoms with Gasteiger partial charge < -0.3 is 15.2 Å². The van der Waals surface area contributed by atoms with Gasteiger partial charge >= 0.3 is 0 Å². The fraction of sp³-hybridized carbons (Fsp3) is 0.500. The van der Waals surface area contributed by atoms with Crippen molar-refractivity contribution in [3.05, 3.63) is 23.8 Å². The maximum atomic E-state index is 6.11. The van der Waals surface area contributed by atoms with Gasteiger partial charge in [-0.05, 0) is 36.8 Å². The fourth-order valence-electron chi connectivity index (χ4n) is 2.10. The van der Waals surface area contributed by atoms with Crippen LogP contribution in [0.3, 0.4) is 0 Å². The molecule has 1 aliphatic carbocycles. The smallest absolute Gasteiger partial charge is 0.231 e. The van der Waals surface area contributed by atoms with Gasteiger partial charge in [-0.3, -0.25) is 0 Å². The number of para-hydroxylation sites is 1. The largest absolute Gasteiger partial charge is 0.454 e. The first-order valence-corrected chi connectivity index (χ1v) is 5.47. The van der Waals surface area contributed by atoms with Crippen LogP contribution < -0.4 is 15.2 Å². The van der Waals surface area contributed by atoms with Crippen LogP contribution in [0.2, 0.25) is 0 Å². The predicted octanol–water partition coefficient (Wildman–Crippen LogP) is 1.70. The second kappa shape index (κ2) is 3.42. The molecule has 80 valence electrons. The summed E-state index contributed by atoms with van der Waals surface area (Å²) in [7, 11) is 0. The molecule has 1 aromatic carbocycles. The SMILES string of the molecule is NC(Cc1cccc2c1OCO2)C1CC1. The van der Waals surface area contributed by atoms with E-state index in [0.717, 1.165) is 23.8 Å². The highest BCUT2D eigenvalue weighted by molar-refractivity contribution is 5.48. The van der Waals surface area contributed by atoms with Crippen molar-refractivity contribution in [2.75, 3.05) is 6.79 Å². The molecular weight excluding hydrogens is 190 g/mol. The number of nitrogens with two attached hydrogens (primary N) is 1. The molecule has 1 heterocycles. The summed E-state index contributed by atoms with van der Waals surface area (Å²) in [5.74, 6) is 2.48. The van der Waals surface area contributed by atoms with Gasteiger partial charge in [0.1, 0.15) is 0 Å². The predicted molar refractivity (Wildman–Crippen MR) is 57.0 cm³/mol. The van der Waals surface area contributed by atoms with Crippen molar-refractivity contribution in [1.29, 1.82) is 0 Å². The van der Waals surface area contributed by atoms with Gasteiger partial charge in [0.05, 0.1) is 0 Å². The van der Waals surface area contributed by atoms with Crippen LogP contribution in [0.1, 0.15) is 18.4 Å². The fourth-order valence-corrected chi connectivity index (χ4v) is 2.10. The van der Waals surface area contributed by atoms with Crippen molar-refractivity contribution in [1.82, 2.24) is 0 Å². The molecule has 15 heavy (non-hydrogen) atoms. The van der Waals surface area contributed by atoms with E-state index >= 15 is 0 Å². The van der Waals surface area contributed by atoms with Gasteiger partial charge in [-0.15, -0.1) is 0 Å². The van der Waals surface area contributed by atoms with Gasteiger partial charge in [0, 0.05) is 6.04 Å². The van der Waals surface area contributed by atoms with E-state index in [9.17, 15) is 0 Å². The van der Waals surface area contributed by atoms with Gasteiger partial charge in [0.15, 0.2) is 11.5 Å². The number of benzene rings is 1. The maximum absolute atomic E-state index is 6.11. The lowest BCUT2D eigenvalue weighted by molar-refractivity contribution is 0.173. The molecule has 1 fully saturated rings. The molecule has 0 amide bonds. The molecule has 1 aromatic rings. The quantitative estimate of drug-likeness (QED) is 0.816. The zero-order valence-corrected chi connectivity index (χ0v) is 8.61. The van der Waals surface area contributed by atoms with E-state index in [1.807, 2.05) is 12.1 Å². The zero-order valence-electron chi connectivity index (χ0n) is 8.61. The number of hydrogen-bond acceptors (Lipinski definition) is 3. The highest BCUT2D eigenvalue weighted by Crippen LogP contribution is 2.38. The lowest BCUT2D eigenvalue weighted by Crippen LogP contribution is -2.25. The van der Waals surface area contributed by atoms with Crippen molar-refractivity contribution >= 4 is 0 Å². The van der Waals surface area contributed by atoms with Gasteiger partial charge in [0.25, 0.3) is 0 Å². The molecule has 3 rings (SSSR count). The van der Waals surface area contributed by atoms with Crippen LogP contribution in [-0.4, -0.2) is 12.8 Å². The first-order valence-electron chi connectivity index (χ1n) is 5.47. The summed E-state index contributed by atoms with van der Waals surface area (Å²) in [5, 5.41) is 0. The first kappa shape index (κ1) is 9.04. The normalized spacial score (nSPS) is 20.3. The van der Waals surface area contributed by atoms with Crippen LogP contribution in [0.25, 0.3) is 0 Å². The van der Waals surface area contributed by atoms with Crippen LogP contribution in [0, 0.1) is 5.92 Å². The standard InChI is InChI=1S/C12H15NO2/c13-10(8-4-5-8)6-9-2-1-3-11-12(9)15-7-14-11/h1-3,8,10H,4-7,13H2. The minimum atomic E-state index is 0.278. The molecule has 1 atom stereocenters. The first-order chi connectivity index (χ1) is 7.34. The van der Waals surface area contributed by atoms with Crippen molar-refractivity contribution in [3.8, 4) is 11.5 Å². The summed E-state index contributed by atoms with van der Waals surface area (Å²) < 4.78 is 10.8. The van der Waals surface area contributed by atoms with Gasteiger partial charge in [0.2, 0.25) is 6.79 Å². The maximum Gasteiger partial charge on any atom is 0.231 e. The number of fused-ring (bicyclic) bond motifs is 1. The molecule has 3 nitrogen and oxygen atoms in total. The monoisotopic (exact) mass is 205 g/mol. The Kier molecular flexibility index (Phi) is 2.06. The van der Waals surface area contributed by atoms with Crippen LogP contribution in [0.15, 0.2) is 18.2 Å². The molecule has 1 unspecified atom stereocenters. The van der Waals surface area contributed by atoms with Crippen molar-refractivity contribution in [2.24, 2.45) is 11.7 Å². The molecule has 0 spiro atoms. The molecule has 0 saturated heterocycles. The highest BCUT2D eigenvalue weighted by Gasteiger charge is 2.29. The zero-order chi connectivity index (χ0) is 10.3. The van der Waals surface area contributed by atoms with E-state index in [1.54, 1.807) is 0 Å². The Morgan fingerprint density at radius 2 is 2.20 bits per heavy atom. The van der Waals surface area contributed by atoms with Crippen molar-refractivity contribution in [3.63, 3.8) is 0 Å². The third-order valence-corrected chi connectivity index (χ3v) is 3.16. The minimum Gasteiger partial charge on any atom is -0.454 e. The number of ether oxygens (including phenoxy) is 2. The molecule has 3 heteroatoms. The minimum absolute atomic E-state index is 0.278. The van der Waals surface area contributed by atoms with Crippen LogP contribution >= 0.6 is 0 Å². The van der Waals surface area contributed by atoms with Gasteiger partial charge in [-0.1, -0.05) is 12.1 Å². The molecular formula is C12H15NO2. The summed E-state index contributed by atoms with van der Waals surface area (Å²) >= 11 is 0. The Bertz CT molecular complexity index is 374. The summed E-state index contributed by atoms with van der Waals surface area (Å²) in [5.41, 5.74) is 7.29. The molecule has 0 aromatic heterocycles. The molecule has 2 aliphatic rings. The van der Waals surface area contributed by atoms with Gasteiger partial charge in [-0.2, -0.15) is 0 Å². The Morgan fingerprint density at radius 3 is 3.00 bits per heavy atom. The lowest BCUT2D eigenvalue weighted by atomic mass is 10.0. The van der Waals surface area contributed by atoms with Crippen molar-refractivity contribution < 1.29 is 9.47 Å². The van der Waals surface area contributed by atoms with Crippen LogP contribution in [0.4, 0.5) is 0 Å². The second-order valence-electron chi connectivity index (χ2n) is 4.36. The summed E-state index contributed by atoms with van der Waals surface area (Å²) in [6.45, 7) is 0.338. The Hall–Kier alpha value is -1.22. The van der Waals surface area contributed by atoms with E-state index in [2.05, 4.69) is 6.07 Å². The van der Waals surface area contributed by atoms with E-state index in [4.69, 9.17) is 15.2 Å². The summed E-state index contributed by atoms with van der Waals surface area (Å²) in [6.07, 6.45) is 3.47. The number of hydrogen-bond donors (Lipinski definition) is 1. The Labute approximate surface area is 89.2 Å². The molecule has 0 bridgehead atoms. The molecule has 0 radical (unpaired) electrons. The average molecular weight is 205 g/mol. The lowest BCUT2D eigenvalue weighted by Gasteiger charge is -2.11. The highest BCUT2D eigenvalue weighted by atomic mass is 16.7. The second-order valence-corrected chi connectivity index (χ2v) is 4.36. The van der Waals surface area contributed by atoms with Crippen LogP contribution in [-0.2, 0) is 6.42 Å².